The van der Waals surface area contributed by atoms with Crippen LogP contribution in [-0.4, -0.2) is 25.5 Å². The van der Waals surface area contributed by atoms with E-state index >= 15 is 0 Å². The van der Waals surface area contributed by atoms with E-state index in [9.17, 15) is 13.2 Å². The molecule has 0 unspecified atom stereocenters. The highest BCUT2D eigenvalue weighted by molar-refractivity contribution is 7.91. The van der Waals surface area contributed by atoms with Crippen molar-refractivity contribution >= 4 is 27.3 Å². The first-order chi connectivity index (χ1) is 8.88. The Morgan fingerprint density at radius 1 is 1.37 bits per heavy atom. The third-order valence-electron chi connectivity index (χ3n) is 3.37. The average molecular weight is 303 g/mol. The predicted molar refractivity (Wildman–Crippen MR) is 72.8 cm³/mol. The van der Waals surface area contributed by atoms with Gasteiger partial charge in [0.1, 0.15) is 4.21 Å². The van der Waals surface area contributed by atoms with Crippen molar-refractivity contribution in [3.05, 3.63) is 17.0 Å². The summed E-state index contributed by atoms with van der Waals surface area (Å²) in [6, 6.07) is 1.50. The molecule has 0 amide bonds. The van der Waals surface area contributed by atoms with Crippen LogP contribution in [-0.2, 0) is 14.8 Å². The van der Waals surface area contributed by atoms with Crippen LogP contribution >= 0.6 is 11.3 Å². The molecule has 0 spiro atoms. The van der Waals surface area contributed by atoms with Crippen LogP contribution in [0.4, 0.5) is 0 Å². The molecule has 5 nitrogen and oxygen atoms in total. The number of sulfonamides is 1. The van der Waals surface area contributed by atoms with E-state index in [1.807, 2.05) is 6.92 Å². The van der Waals surface area contributed by atoms with Crippen molar-refractivity contribution in [2.45, 2.75) is 42.9 Å². The molecule has 1 aromatic heterocycles. The number of carboxylic acids is 1. The van der Waals surface area contributed by atoms with Crippen molar-refractivity contribution in [1.29, 1.82) is 0 Å². The Labute approximate surface area is 116 Å². The van der Waals surface area contributed by atoms with Gasteiger partial charge in [0.25, 0.3) is 0 Å². The Morgan fingerprint density at radius 3 is 2.47 bits per heavy atom. The smallest absolute Gasteiger partial charge is 0.306 e. The van der Waals surface area contributed by atoms with Gasteiger partial charge in [-0.15, -0.1) is 11.3 Å². The summed E-state index contributed by atoms with van der Waals surface area (Å²) in [5, 5.41) is 10.7. The number of nitrogens with one attached hydrogen (secondary N) is 1. The molecule has 19 heavy (non-hydrogen) atoms. The number of hydrogen-bond acceptors (Lipinski definition) is 4. The summed E-state index contributed by atoms with van der Waals surface area (Å²) in [4.78, 5) is 10.8. The van der Waals surface area contributed by atoms with Crippen molar-refractivity contribution in [3.8, 4) is 0 Å². The Balaban J connectivity index is 1.97. The summed E-state index contributed by atoms with van der Waals surface area (Å²) < 4.78 is 27.2. The zero-order valence-corrected chi connectivity index (χ0v) is 12.3. The van der Waals surface area contributed by atoms with Crippen molar-refractivity contribution in [3.63, 3.8) is 0 Å². The fourth-order valence-electron chi connectivity index (χ4n) is 2.28. The molecule has 2 rings (SSSR count). The molecule has 7 heteroatoms. The van der Waals surface area contributed by atoms with Crippen LogP contribution in [0.2, 0.25) is 0 Å². The van der Waals surface area contributed by atoms with Crippen LogP contribution in [0.3, 0.4) is 0 Å². The minimum absolute atomic E-state index is 0.150. The van der Waals surface area contributed by atoms with Crippen molar-refractivity contribution in [1.82, 2.24) is 4.72 Å². The number of hydrogen-bond donors (Lipinski definition) is 2. The molecule has 0 aliphatic heterocycles. The maximum absolute atomic E-state index is 12.1. The molecular weight excluding hydrogens is 286 g/mol. The summed E-state index contributed by atoms with van der Waals surface area (Å²) in [6.07, 6.45) is 2.24. The maximum atomic E-state index is 12.1. The standard InChI is InChI=1S/C12H17NO4S2/c1-8-6-11(18-7-8)19(16,17)13-10-4-2-9(3-5-10)12(14)15/h6-7,9-10,13H,2-5H2,1H3,(H,14,15). The molecule has 1 aliphatic carbocycles. The number of carboxylic acid groups (broad SMARTS) is 1. The Hall–Kier alpha value is -0.920. The minimum Gasteiger partial charge on any atom is -0.481 e. The number of thiophene rings is 1. The minimum atomic E-state index is -3.46. The fraction of sp³-hybridized carbons (Fsp3) is 0.583. The topological polar surface area (TPSA) is 83.5 Å². The molecule has 0 saturated heterocycles. The van der Waals surface area contributed by atoms with E-state index in [4.69, 9.17) is 5.11 Å². The zero-order chi connectivity index (χ0) is 14.0. The van der Waals surface area contributed by atoms with Gasteiger partial charge in [-0.05, 0) is 49.6 Å². The first kappa shape index (κ1) is 14.5. The lowest BCUT2D eigenvalue weighted by Crippen LogP contribution is -2.38. The molecule has 0 bridgehead atoms. The Bertz CT molecular complexity index is 556. The summed E-state index contributed by atoms with van der Waals surface area (Å²) in [5.74, 6) is -1.11. The highest BCUT2D eigenvalue weighted by atomic mass is 32.2. The van der Waals surface area contributed by atoms with Gasteiger partial charge in [0, 0.05) is 6.04 Å². The van der Waals surface area contributed by atoms with Crippen LogP contribution in [0.15, 0.2) is 15.7 Å². The maximum Gasteiger partial charge on any atom is 0.306 e. The monoisotopic (exact) mass is 303 g/mol. The second-order valence-corrected chi connectivity index (χ2v) is 7.80. The van der Waals surface area contributed by atoms with Gasteiger partial charge in [-0.25, -0.2) is 13.1 Å². The Morgan fingerprint density at radius 2 is 2.00 bits per heavy atom. The van der Waals surface area contributed by atoms with Crippen LogP contribution in [0.25, 0.3) is 0 Å². The third kappa shape index (κ3) is 3.55. The van der Waals surface area contributed by atoms with Gasteiger partial charge in [0.2, 0.25) is 10.0 Å². The molecule has 1 saturated carbocycles. The number of carbonyl (C=O) groups is 1. The summed E-state index contributed by atoms with van der Waals surface area (Å²) in [6.45, 7) is 1.85. The lowest BCUT2D eigenvalue weighted by Gasteiger charge is -2.26. The highest BCUT2D eigenvalue weighted by Crippen LogP contribution is 2.26. The van der Waals surface area contributed by atoms with Crippen LogP contribution in [0.1, 0.15) is 31.2 Å². The van der Waals surface area contributed by atoms with Crippen molar-refractivity contribution in [2.75, 3.05) is 0 Å². The highest BCUT2D eigenvalue weighted by Gasteiger charge is 2.29. The lowest BCUT2D eigenvalue weighted by molar-refractivity contribution is -0.142. The average Bonchev–Trinajstić information content (AvgIpc) is 2.77. The fourth-order valence-corrected chi connectivity index (χ4v) is 4.83. The summed E-state index contributed by atoms with van der Waals surface area (Å²) >= 11 is 1.21. The summed E-state index contributed by atoms with van der Waals surface area (Å²) in [5.41, 5.74) is 0.931. The molecule has 2 N–H and O–H groups in total. The van der Waals surface area contributed by atoms with E-state index in [2.05, 4.69) is 4.72 Å². The molecule has 1 aliphatic rings. The van der Waals surface area contributed by atoms with Crippen LogP contribution in [0, 0.1) is 12.8 Å². The Kier molecular flexibility index (Phi) is 4.27. The van der Waals surface area contributed by atoms with Gasteiger partial charge in [-0.3, -0.25) is 4.79 Å². The van der Waals surface area contributed by atoms with Gasteiger partial charge in [-0.1, -0.05) is 0 Å². The van der Waals surface area contributed by atoms with Gasteiger partial charge >= 0.3 is 5.97 Å². The van der Waals surface area contributed by atoms with Crippen molar-refractivity contribution in [2.24, 2.45) is 5.92 Å². The summed E-state index contributed by atoms with van der Waals surface area (Å²) in [7, 11) is -3.46. The number of aryl methyl sites for hydroxylation is 1. The first-order valence-corrected chi connectivity index (χ1v) is 8.55. The number of aliphatic carboxylic acids is 1. The molecule has 0 atom stereocenters. The molecule has 106 valence electrons. The normalized spacial score (nSPS) is 24.3. The van der Waals surface area contributed by atoms with Crippen molar-refractivity contribution < 1.29 is 18.3 Å². The van der Waals surface area contributed by atoms with Gasteiger partial charge in [0.15, 0.2) is 0 Å². The first-order valence-electron chi connectivity index (χ1n) is 6.19. The zero-order valence-electron chi connectivity index (χ0n) is 10.6. The number of rotatable bonds is 4. The quantitative estimate of drug-likeness (QED) is 0.891. The van der Waals surface area contributed by atoms with E-state index in [-0.39, 0.29) is 12.0 Å². The largest absolute Gasteiger partial charge is 0.481 e. The van der Waals surface area contributed by atoms with E-state index in [0.717, 1.165) is 5.56 Å². The second-order valence-electron chi connectivity index (χ2n) is 4.95. The third-order valence-corrected chi connectivity index (χ3v) is 6.45. The van der Waals surface area contributed by atoms with Gasteiger partial charge in [0.05, 0.1) is 5.92 Å². The molecule has 0 radical (unpaired) electrons. The lowest BCUT2D eigenvalue weighted by atomic mass is 9.87. The van der Waals surface area contributed by atoms with Crippen LogP contribution < -0.4 is 4.72 Å². The molecule has 1 fully saturated rings. The second kappa shape index (κ2) is 5.60. The molecule has 1 heterocycles. The van der Waals surface area contributed by atoms with E-state index in [0.29, 0.717) is 29.9 Å². The van der Waals surface area contributed by atoms with E-state index < -0.39 is 16.0 Å². The predicted octanol–water partition coefficient (Wildman–Crippen LogP) is 1.98. The SMILES string of the molecule is Cc1csc(S(=O)(=O)NC2CCC(C(=O)O)CC2)c1. The van der Waals surface area contributed by atoms with Gasteiger partial charge < -0.3 is 5.11 Å². The van der Waals surface area contributed by atoms with E-state index in [1.165, 1.54) is 11.3 Å². The van der Waals surface area contributed by atoms with Crippen LogP contribution in [0.5, 0.6) is 0 Å². The molecule has 1 aromatic rings. The van der Waals surface area contributed by atoms with E-state index in [1.54, 1.807) is 11.4 Å². The molecule has 0 aromatic carbocycles. The molecular formula is C12H17NO4S2. The van der Waals surface area contributed by atoms with Gasteiger partial charge in [-0.2, -0.15) is 0 Å².